The Morgan fingerprint density at radius 2 is 1.73 bits per heavy atom. The van der Waals surface area contributed by atoms with Crippen LogP contribution in [0.4, 0.5) is 0 Å². The molecule has 0 spiro atoms. The Bertz CT molecular complexity index is 1750. The van der Waals surface area contributed by atoms with Crippen molar-refractivity contribution in [3.05, 3.63) is 114 Å². The molecule has 7 nitrogen and oxygen atoms in total. The van der Waals surface area contributed by atoms with Crippen LogP contribution in [0.15, 0.2) is 99.0 Å². The Balaban J connectivity index is 1.42. The summed E-state index contributed by atoms with van der Waals surface area (Å²) >= 11 is 9.17. The average Bonchev–Trinajstić information content (AvgIpc) is 3.34. The molecule has 1 aromatic heterocycles. The zero-order valence-corrected chi connectivity index (χ0v) is 26.2. The number of halogens is 3. The first-order valence-electron chi connectivity index (χ1n) is 11.9. The summed E-state index contributed by atoms with van der Waals surface area (Å²) in [6.07, 6.45) is 1.43. The van der Waals surface area contributed by atoms with Crippen LogP contribution in [0.1, 0.15) is 26.4 Å². The number of H-pyrrole nitrogens is 1. The minimum absolute atomic E-state index is 0.257. The Hall–Kier alpha value is -3.48. The predicted molar refractivity (Wildman–Crippen MR) is 171 cm³/mol. The molecular formula is C30H20Br2IN3O4. The highest BCUT2D eigenvalue weighted by Crippen LogP contribution is 2.34. The van der Waals surface area contributed by atoms with Crippen LogP contribution in [0.3, 0.4) is 0 Å². The van der Waals surface area contributed by atoms with Crippen LogP contribution in [0.5, 0.6) is 11.5 Å². The summed E-state index contributed by atoms with van der Waals surface area (Å²) in [6.45, 7) is 0. The van der Waals surface area contributed by atoms with Crippen molar-refractivity contribution in [1.82, 2.24) is 10.4 Å². The molecular weight excluding hydrogens is 753 g/mol. The summed E-state index contributed by atoms with van der Waals surface area (Å²) in [5.41, 5.74) is 6.37. The number of carbonyl (C=O) groups is 2. The number of esters is 1. The first kappa shape index (κ1) is 28.1. The van der Waals surface area contributed by atoms with E-state index in [4.69, 9.17) is 9.47 Å². The molecule has 2 N–H and O–H groups in total. The van der Waals surface area contributed by atoms with Crippen LogP contribution in [-0.2, 0) is 0 Å². The number of hydrogen-bond donors (Lipinski definition) is 2. The first-order chi connectivity index (χ1) is 19.3. The van der Waals surface area contributed by atoms with Gasteiger partial charge in [-0.15, -0.1) is 0 Å². The van der Waals surface area contributed by atoms with Gasteiger partial charge in [0.25, 0.3) is 5.91 Å². The third kappa shape index (κ3) is 6.13. The Morgan fingerprint density at radius 3 is 2.45 bits per heavy atom. The SMILES string of the molecule is COc1ccc(C(=O)Oc2c(Br)cc(Br)cc2C=NNC(=O)c2[nH]c3ccc(I)cc3c2-c2ccccc2)cc1. The van der Waals surface area contributed by atoms with Crippen LogP contribution in [-0.4, -0.2) is 30.2 Å². The molecule has 0 aliphatic carbocycles. The summed E-state index contributed by atoms with van der Waals surface area (Å²) in [5.74, 6) is -0.0750. The Kier molecular flexibility index (Phi) is 8.67. The third-order valence-electron chi connectivity index (χ3n) is 5.98. The van der Waals surface area contributed by atoms with Crippen LogP contribution >= 0.6 is 54.5 Å². The van der Waals surface area contributed by atoms with Crippen LogP contribution < -0.4 is 14.9 Å². The number of carbonyl (C=O) groups excluding carboxylic acids is 2. The van der Waals surface area contributed by atoms with Crippen molar-refractivity contribution in [2.24, 2.45) is 5.10 Å². The minimum atomic E-state index is -0.551. The van der Waals surface area contributed by atoms with Crippen LogP contribution in [0, 0.1) is 3.57 Å². The molecule has 0 unspecified atom stereocenters. The number of hydrogen-bond acceptors (Lipinski definition) is 5. The molecule has 0 aliphatic rings. The van der Waals surface area contributed by atoms with Gasteiger partial charge in [0, 0.05) is 30.1 Å². The second-order valence-corrected chi connectivity index (χ2v) is 11.6. The summed E-state index contributed by atoms with van der Waals surface area (Å²) in [5, 5.41) is 5.13. The molecule has 5 aromatic rings. The summed E-state index contributed by atoms with van der Waals surface area (Å²) < 4.78 is 13.2. The van der Waals surface area contributed by atoms with Crippen molar-refractivity contribution < 1.29 is 19.1 Å². The van der Waals surface area contributed by atoms with Gasteiger partial charge in [-0.25, -0.2) is 10.2 Å². The van der Waals surface area contributed by atoms with E-state index < -0.39 is 11.9 Å². The van der Waals surface area contributed by atoms with Crippen molar-refractivity contribution in [2.45, 2.75) is 0 Å². The molecule has 1 amide bonds. The number of benzene rings is 4. The first-order valence-corrected chi connectivity index (χ1v) is 14.6. The molecule has 40 heavy (non-hydrogen) atoms. The van der Waals surface area contributed by atoms with Gasteiger partial charge in [0.05, 0.1) is 23.4 Å². The summed E-state index contributed by atoms with van der Waals surface area (Å²) in [6, 6.07) is 25.8. The van der Waals surface area contributed by atoms with E-state index in [0.29, 0.717) is 27.0 Å². The van der Waals surface area contributed by atoms with Gasteiger partial charge in [0.2, 0.25) is 0 Å². The zero-order chi connectivity index (χ0) is 28.2. The molecule has 10 heteroatoms. The monoisotopic (exact) mass is 771 g/mol. The minimum Gasteiger partial charge on any atom is -0.497 e. The smallest absolute Gasteiger partial charge is 0.343 e. The lowest BCUT2D eigenvalue weighted by molar-refractivity contribution is 0.0732. The summed E-state index contributed by atoms with van der Waals surface area (Å²) in [7, 11) is 1.55. The fourth-order valence-corrected chi connectivity index (χ4v) is 5.95. The van der Waals surface area contributed by atoms with Crippen molar-refractivity contribution in [3.8, 4) is 22.6 Å². The van der Waals surface area contributed by atoms with Gasteiger partial charge in [-0.1, -0.05) is 46.3 Å². The molecule has 0 fully saturated rings. The topological polar surface area (TPSA) is 92.8 Å². The fourth-order valence-electron chi connectivity index (χ4n) is 4.12. The second-order valence-electron chi connectivity index (χ2n) is 8.55. The lowest BCUT2D eigenvalue weighted by atomic mass is 10.0. The number of fused-ring (bicyclic) bond motifs is 1. The standard InChI is InChI=1S/C30H20Br2IN3O4/c1-39-22-10-7-18(8-11-22)30(38)40-28-19(13-20(31)14-24(28)32)16-34-36-29(37)27-26(17-5-3-2-4-6-17)23-15-21(33)9-12-25(23)35-27/h2-16,35H,1H3,(H,36,37). The highest BCUT2D eigenvalue weighted by atomic mass is 127. The number of methoxy groups -OCH3 is 1. The highest BCUT2D eigenvalue weighted by molar-refractivity contribution is 14.1. The van der Waals surface area contributed by atoms with Gasteiger partial charge in [-0.05, 0) is 98.7 Å². The maximum absolute atomic E-state index is 13.3. The lowest BCUT2D eigenvalue weighted by Crippen LogP contribution is -2.19. The van der Waals surface area contributed by atoms with Crippen molar-refractivity contribution in [3.63, 3.8) is 0 Å². The van der Waals surface area contributed by atoms with E-state index in [1.54, 1.807) is 43.5 Å². The number of nitrogens with one attached hydrogen (secondary N) is 2. The highest BCUT2D eigenvalue weighted by Gasteiger charge is 2.20. The summed E-state index contributed by atoms with van der Waals surface area (Å²) in [4.78, 5) is 29.4. The zero-order valence-electron chi connectivity index (χ0n) is 20.9. The van der Waals surface area contributed by atoms with Gasteiger partial charge in [-0.3, -0.25) is 4.79 Å². The number of rotatable bonds is 7. The molecule has 4 aromatic carbocycles. The average molecular weight is 773 g/mol. The fraction of sp³-hybridized carbons (Fsp3) is 0.0333. The quantitative estimate of drug-likeness (QED) is 0.0578. The van der Waals surface area contributed by atoms with E-state index in [1.165, 1.54) is 6.21 Å². The van der Waals surface area contributed by atoms with Crippen molar-refractivity contribution in [1.29, 1.82) is 0 Å². The van der Waals surface area contributed by atoms with Crippen molar-refractivity contribution in [2.75, 3.05) is 7.11 Å². The Morgan fingerprint density at radius 1 is 0.975 bits per heavy atom. The number of amides is 1. The molecule has 0 saturated carbocycles. The largest absolute Gasteiger partial charge is 0.497 e. The molecule has 0 atom stereocenters. The lowest BCUT2D eigenvalue weighted by Gasteiger charge is -2.11. The van der Waals surface area contributed by atoms with Crippen LogP contribution in [0.2, 0.25) is 0 Å². The predicted octanol–water partition coefficient (Wildman–Crippen LogP) is 7.96. The Labute approximate surface area is 260 Å². The number of nitrogens with zero attached hydrogens (tertiary/aromatic N) is 1. The number of hydrazone groups is 1. The van der Waals surface area contributed by atoms with E-state index in [9.17, 15) is 9.59 Å². The van der Waals surface area contributed by atoms with E-state index in [2.05, 4.69) is 70.0 Å². The van der Waals surface area contributed by atoms with E-state index in [0.717, 1.165) is 30.1 Å². The number of ether oxygens (including phenoxy) is 2. The van der Waals surface area contributed by atoms with Crippen molar-refractivity contribution >= 4 is 83.4 Å². The van der Waals surface area contributed by atoms with E-state index in [1.807, 2.05) is 48.5 Å². The van der Waals surface area contributed by atoms with Gasteiger partial charge in [0.1, 0.15) is 11.4 Å². The molecule has 0 bridgehead atoms. The van der Waals surface area contributed by atoms with E-state index in [-0.39, 0.29) is 5.75 Å². The molecule has 0 aliphatic heterocycles. The van der Waals surface area contributed by atoms with Gasteiger partial charge in [0.15, 0.2) is 5.75 Å². The van der Waals surface area contributed by atoms with Crippen LogP contribution in [0.25, 0.3) is 22.0 Å². The number of aromatic nitrogens is 1. The third-order valence-corrected chi connectivity index (χ3v) is 7.70. The van der Waals surface area contributed by atoms with E-state index >= 15 is 0 Å². The molecule has 0 radical (unpaired) electrons. The maximum atomic E-state index is 13.3. The molecule has 1 heterocycles. The van der Waals surface area contributed by atoms with Gasteiger partial charge in [-0.2, -0.15) is 5.10 Å². The molecule has 5 rings (SSSR count). The van der Waals surface area contributed by atoms with Gasteiger partial charge >= 0.3 is 5.97 Å². The maximum Gasteiger partial charge on any atom is 0.343 e. The second kappa shape index (κ2) is 12.4. The van der Waals surface area contributed by atoms with Gasteiger partial charge < -0.3 is 14.5 Å². The molecule has 0 saturated heterocycles. The molecule has 200 valence electrons. The number of aromatic amines is 1. The normalized spacial score (nSPS) is 11.1.